The van der Waals surface area contributed by atoms with Gasteiger partial charge in [-0.25, -0.2) is 23.7 Å². The topological polar surface area (TPSA) is 50.7 Å². The van der Waals surface area contributed by atoms with E-state index >= 15 is 0 Å². The molecule has 0 amide bonds. The minimum Gasteiger partial charge on any atom is -0.367 e. The van der Waals surface area contributed by atoms with Crippen molar-refractivity contribution in [3.8, 4) is 10.8 Å². The van der Waals surface area contributed by atoms with Gasteiger partial charge in [-0.05, 0) is 19.8 Å². The van der Waals surface area contributed by atoms with Crippen molar-refractivity contribution in [1.82, 2.24) is 15.0 Å². The molecule has 0 unspecified atom stereocenters. The maximum absolute atomic E-state index is 13.8. The van der Waals surface area contributed by atoms with Gasteiger partial charge in [0.05, 0.1) is 0 Å². The standard InChI is InChI=1S/C16H18F4N4S/c1-9-8-25-14(21-9)13-23-11(15(2,17)18)7-12(24-13)22-10-3-5-16(19,20)6-4-10/h7-8,10H,3-6H2,1-2H3,(H,22,23,24). The fourth-order valence-electron chi connectivity index (χ4n) is 2.69. The summed E-state index contributed by atoms with van der Waals surface area (Å²) in [6.07, 6.45) is 0.0945. The van der Waals surface area contributed by atoms with Crippen molar-refractivity contribution >= 4 is 17.2 Å². The summed E-state index contributed by atoms with van der Waals surface area (Å²) in [5.41, 5.74) is 0.329. The first kappa shape index (κ1) is 18.0. The number of aromatic nitrogens is 3. The Morgan fingerprint density at radius 2 is 1.88 bits per heavy atom. The minimum atomic E-state index is -3.14. The highest BCUT2D eigenvalue weighted by molar-refractivity contribution is 7.13. The van der Waals surface area contributed by atoms with Gasteiger partial charge in [-0.15, -0.1) is 11.3 Å². The molecule has 9 heteroatoms. The van der Waals surface area contributed by atoms with Crippen LogP contribution in [0, 0.1) is 6.92 Å². The average molecular weight is 374 g/mol. The molecule has 1 aliphatic carbocycles. The Kier molecular flexibility index (Phi) is 4.70. The van der Waals surface area contributed by atoms with E-state index in [2.05, 4.69) is 20.3 Å². The molecule has 3 rings (SSSR count). The van der Waals surface area contributed by atoms with Crippen molar-refractivity contribution in [2.45, 2.75) is 57.4 Å². The second-order valence-electron chi connectivity index (χ2n) is 6.42. The number of hydrogen-bond donors (Lipinski definition) is 1. The first-order valence-electron chi connectivity index (χ1n) is 7.97. The molecule has 136 valence electrons. The zero-order chi connectivity index (χ0) is 18.2. The lowest BCUT2D eigenvalue weighted by atomic mass is 9.92. The van der Waals surface area contributed by atoms with Gasteiger partial charge in [0.2, 0.25) is 5.92 Å². The van der Waals surface area contributed by atoms with Crippen LogP contribution in [-0.2, 0) is 5.92 Å². The number of nitrogens with one attached hydrogen (secondary N) is 1. The van der Waals surface area contributed by atoms with Gasteiger partial charge in [-0.3, -0.25) is 0 Å². The molecule has 2 heterocycles. The zero-order valence-corrected chi connectivity index (χ0v) is 14.6. The molecule has 1 aliphatic rings. The quantitative estimate of drug-likeness (QED) is 0.765. The lowest BCUT2D eigenvalue weighted by Crippen LogP contribution is -2.32. The molecule has 2 aromatic heterocycles. The molecule has 25 heavy (non-hydrogen) atoms. The average Bonchev–Trinajstić information content (AvgIpc) is 2.95. The van der Waals surface area contributed by atoms with Gasteiger partial charge in [0.1, 0.15) is 11.5 Å². The Morgan fingerprint density at radius 1 is 1.20 bits per heavy atom. The molecule has 0 atom stereocenters. The lowest BCUT2D eigenvalue weighted by molar-refractivity contribution is -0.0361. The number of halogens is 4. The summed E-state index contributed by atoms with van der Waals surface area (Å²) < 4.78 is 54.1. The van der Waals surface area contributed by atoms with Crippen molar-refractivity contribution in [1.29, 1.82) is 0 Å². The summed E-state index contributed by atoms with van der Waals surface area (Å²) in [6, 6.07) is 0.954. The van der Waals surface area contributed by atoms with E-state index in [0.717, 1.165) is 12.6 Å². The predicted molar refractivity (Wildman–Crippen MR) is 88.3 cm³/mol. The number of alkyl halides is 4. The van der Waals surface area contributed by atoms with E-state index in [-0.39, 0.29) is 43.4 Å². The van der Waals surface area contributed by atoms with Crippen LogP contribution in [0.25, 0.3) is 10.8 Å². The smallest absolute Gasteiger partial charge is 0.287 e. The first-order valence-corrected chi connectivity index (χ1v) is 8.85. The summed E-state index contributed by atoms with van der Waals surface area (Å²) >= 11 is 1.27. The van der Waals surface area contributed by atoms with Gasteiger partial charge in [-0.1, -0.05) is 0 Å². The Morgan fingerprint density at radius 3 is 2.44 bits per heavy atom. The second kappa shape index (κ2) is 6.51. The normalized spacial score (nSPS) is 18.3. The molecule has 4 nitrogen and oxygen atoms in total. The van der Waals surface area contributed by atoms with Crippen LogP contribution in [-0.4, -0.2) is 26.9 Å². The fourth-order valence-corrected chi connectivity index (χ4v) is 3.42. The van der Waals surface area contributed by atoms with Crippen molar-refractivity contribution in [2.24, 2.45) is 0 Å². The van der Waals surface area contributed by atoms with Crippen LogP contribution < -0.4 is 5.32 Å². The van der Waals surface area contributed by atoms with Crippen LogP contribution in [0.15, 0.2) is 11.4 Å². The van der Waals surface area contributed by atoms with E-state index in [1.165, 1.54) is 17.4 Å². The maximum atomic E-state index is 13.8. The number of hydrogen-bond acceptors (Lipinski definition) is 5. The maximum Gasteiger partial charge on any atom is 0.287 e. The molecule has 0 bridgehead atoms. The van der Waals surface area contributed by atoms with Crippen LogP contribution in [0.4, 0.5) is 23.4 Å². The molecule has 2 aromatic rings. The Hall–Kier alpha value is -1.77. The van der Waals surface area contributed by atoms with Crippen LogP contribution in [0.3, 0.4) is 0 Å². The summed E-state index contributed by atoms with van der Waals surface area (Å²) in [7, 11) is 0. The Bertz CT molecular complexity index is 747. The van der Waals surface area contributed by atoms with Crippen molar-refractivity contribution in [3.63, 3.8) is 0 Å². The van der Waals surface area contributed by atoms with E-state index in [1.807, 2.05) is 0 Å². The molecular formula is C16H18F4N4S. The van der Waals surface area contributed by atoms with Gasteiger partial charge in [0, 0.05) is 42.9 Å². The van der Waals surface area contributed by atoms with E-state index in [0.29, 0.717) is 5.01 Å². The summed E-state index contributed by atoms with van der Waals surface area (Å²) in [5, 5.41) is 5.24. The highest BCUT2D eigenvalue weighted by Gasteiger charge is 2.35. The van der Waals surface area contributed by atoms with Crippen molar-refractivity contribution in [3.05, 3.63) is 22.8 Å². The third-order valence-electron chi connectivity index (χ3n) is 4.06. The second-order valence-corrected chi connectivity index (χ2v) is 7.28. The van der Waals surface area contributed by atoms with Gasteiger partial charge < -0.3 is 5.32 Å². The molecule has 0 saturated heterocycles. The molecule has 0 aromatic carbocycles. The zero-order valence-electron chi connectivity index (χ0n) is 13.8. The minimum absolute atomic E-state index is 0.112. The van der Waals surface area contributed by atoms with Gasteiger partial charge in [-0.2, -0.15) is 8.78 Å². The van der Waals surface area contributed by atoms with E-state index in [9.17, 15) is 17.6 Å². The molecule has 0 aliphatic heterocycles. The third kappa shape index (κ3) is 4.45. The van der Waals surface area contributed by atoms with Crippen LogP contribution in [0.2, 0.25) is 0 Å². The molecule has 0 spiro atoms. The SMILES string of the molecule is Cc1csc(-c2nc(NC3CCC(F)(F)CC3)cc(C(C)(F)F)n2)n1. The first-order chi connectivity index (χ1) is 11.6. The summed E-state index contributed by atoms with van der Waals surface area (Å²) in [4.78, 5) is 12.4. The number of nitrogens with zero attached hydrogens (tertiary/aromatic N) is 3. The Balaban J connectivity index is 1.88. The number of rotatable bonds is 4. The predicted octanol–water partition coefficient (Wildman–Crippen LogP) is 5.01. The van der Waals surface area contributed by atoms with Gasteiger partial charge in [0.15, 0.2) is 10.8 Å². The van der Waals surface area contributed by atoms with Crippen molar-refractivity contribution < 1.29 is 17.6 Å². The fraction of sp³-hybridized carbons (Fsp3) is 0.562. The summed E-state index contributed by atoms with van der Waals surface area (Å²) in [5.74, 6) is -5.46. The van der Waals surface area contributed by atoms with E-state index in [1.54, 1.807) is 12.3 Å². The van der Waals surface area contributed by atoms with Crippen molar-refractivity contribution in [2.75, 3.05) is 5.32 Å². The Labute approximate surface area is 146 Å². The molecule has 1 N–H and O–H groups in total. The van der Waals surface area contributed by atoms with Gasteiger partial charge >= 0.3 is 0 Å². The summed E-state index contributed by atoms with van der Waals surface area (Å²) in [6.45, 7) is 2.55. The highest BCUT2D eigenvalue weighted by Crippen LogP contribution is 2.35. The number of thiazole rings is 1. The largest absolute Gasteiger partial charge is 0.367 e. The number of anilines is 1. The molecule has 1 saturated carbocycles. The molecule has 0 radical (unpaired) electrons. The van der Waals surface area contributed by atoms with Crippen LogP contribution in [0.5, 0.6) is 0 Å². The van der Waals surface area contributed by atoms with Crippen LogP contribution >= 0.6 is 11.3 Å². The van der Waals surface area contributed by atoms with E-state index in [4.69, 9.17) is 0 Å². The van der Waals surface area contributed by atoms with Gasteiger partial charge in [0.25, 0.3) is 5.92 Å². The number of aryl methyl sites for hydroxylation is 1. The van der Waals surface area contributed by atoms with E-state index < -0.39 is 17.5 Å². The highest BCUT2D eigenvalue weighted by atomic mass is 32.1. The molecular weight excluding hydrogens is 356 g/mol. The lowest BCUT2D eigenvalue weighted by Gasteiger charge is -2.29. The molecule has 1 fully saturated rings. The monoisotopic (exact) mass is 374 g/mol. The third-order valence-corrected chi connectivity index (χ3v) is 5.01. The van der Waals surface area contributed by atoms with Crippen LogP contribution in [0.1, 0.15) is 44.0 Å².